The molecule has 2 unspecified atom stereocenters. The summed E-state index contributed by atoms with van der Waals surface area (Å²) in [7, 11) is 1.32. The third-order valence-electron chi connectivity index (χ3n) is 5.29. The zero-order valence-corrected chi connectivity index (χ0v) is 15.9. The highest BCUT2D eigenvalue weighted by molar-refractivity contribution is 5.82. The topological polar surface area (TPSA) is 64.6 Å². The highest BCUT2D eigenvalue weighted by Crippen LogP contribution is 2.44. The van der Waals surface area contributed by atoms with Gasteiger partial charge in [0.25, 0.3) is 0 Å². The molecule has 1 aliphatic carbocycles. The number of hydrogen-bond donors (Lipinski definition) is 1. The third kappa shape index (κ3) is 3.82. The van der Waals surface area contributed by atoms with Crippen LogP contribution in [0.1, 0.15) is 37.3 Å². The van der Waals surface area contributed by atoms with Gasteiger partial charge in [0.15, 0.2) is 0 Å². The molecule has 0 bridgehead atoms. The number of nitrogens with one attached hydrogen (secondary N) is 1. The Labute approximate surface area is 159 Å². The van der Waals surface area contributed by atoms with E-state index in [2.05, 4.69) is 29.6 Å². The Morgan fingerprint density at radius 1 is 1.04 bits per heavy atom. The summed E-state index contributed by atoms with van der Waals surface area (Å²) >= 11 is 0. The van der Waals surface area contributed by atoms with E-state index >= 15 is 0 Å². The molecule has 2 aromatic carbocycles. The fourth-order valence-corrected chi connectivity index (χ4v) is 3.56. The number of ether oxygens (including phenoxy) is 2. The third-order valence-corrected chi connectivity index (χ3v) is 5.29. The minimum absolute atomic E-state index is 0.0108. The van der Waals surface area contributed by atoms with Crippen molar-refractivity contribution in [2.75, 3.05) is 13.7 Å². The van der Waals surface area contributed by atoms with Crippen molar-refractivity contribution in [1.29, 1.82) is 0 Å². The molecule has 0 aliphatic heterocycles. The number of methoxy groups -OCH3 is 1. The molecule has 0 saturated carbocycles. The van der Waals surface area contributed by atoms with Crippen LogP contribution in [0, 0.1) is 5.92 Å². The van der Waals surface area contributed by atoms with Crippen LogP contribution in [0.5, 0.6) is 0 Å². The van der Waals surface area contributed by atoms with Crippen molar-refractivity contribution in [3.63, 3.8) is 0 Å². The number of benzene rings is 2. The van der Waals surface area contributed by atoms with Gasteiger partial charge in [-0.05, 0) is 28.2 Å². The van der Waals surface area contributed by atoms with E-state index in [1.807, 2.05) is 38.1 Å². The molecule has 2 aromatic rings. The van der Waals surface area contributed by atoms with Crippen molar-refractivity contribution in [3.05, 3.63) is 59.7 Å². The van der Waals surface area contributed by atoms with E-state index in [4.69, 9.17) is 9.47 Å². The molecule has 2 atom stereocenters. The van der Waals surface area contributed by atoms with Crippen LogP contribution < -0.4 is 5.32 Å². The van der Waals surface area contributed by atoms with E-state index in [0.29, 0.717) is 0 Å². The second-order valence-corrected chi connectivity index (χ2v) is 6.86. The molecular formula is C22H25NO4. The van der Waals surface area contributed by atoms with Gasteiger partial charge in [0.1, 0.15) is 12.6 Å². The van der Waals surface area contributed by atoms with Crippen LogP contribution in [-0.2, 0) is 14.3 Å². The molecule has 0 aromatic heterocycles. The molecule has 142 valence electrons. The Balaban J connectivity index is 1.71. The summed E-state index contributed by atoms with van der Waals surface area (Å²) in [5.41, 5.74) is 4.65. The number of alkyl carbamates (subject to hydrolysis) is 1. The predicted molar refractivity (Wildman–Crippen MR) is 103 cm³/mol. The van der Waals surface area contributed by atoms with Crippen molar-refractivity contribution < 1.29 is 19.1 Å². The van der Waals surface area contributed by atoms with Crippen LogP contribution in [0.25, 0.3) is 11.1 Å². The van der Waals surface area contributed by atoms with E-state index in [1.165, 1.54) is 18.2 Å². The lowest BCUT2D eigenvalue weighted by atomic mass is 9.98. The van der Waals surface area contributed by atoms with Gasteiger partial charge in [0, 0.05) is 5.92 Å². The normalized spacial score (nSPS) is 14.6. The Morgan fingerprint density at radius 3 is 2.11 bits per heavy atom. The van der Waals surface area contributed by atoms with Gasteiger partial charge < -0.3 is 14.8 Å². The van der Waals surface area contributed by atoms with Gasteiger partial charge in [0.05, 0.1) is 7.11 Å². The molecule has 0 heterocycles. The van der Waals surface area contributed by atoms with Gasteiger partial charge in [-0.25, -0.2) is 9.59 Å². The maximum atomic E-state index is 12.3. The standard InChI is InChI=1S/C22H25NO4/c1-4-14(2)20(21(24)26-3)23-22(25)27-13-19-17-11-7-5-9-15(17)16-10-6-8-12-18(16)19/h5-12,14,19-20H,4,13H2,1-3H3,(H,23,25). The molecule has 27 heavy (non-hydrogen) atoms. The minimum atomic E-state index is -0.712. The highest BCUT2D eigenvalue weighted by Gasteiger charge is 2.31. The number of esters is 1. The SMILES string of the molecule is CCC(C)C(NC(=O)OCC1c2ccccc2-c2ccccc21)C(=O)OC. The van der Waals surface area contributed by atoms with Crippen molar-refractivity contribution in [2.24, 2.45) is 5.92 Å². The van der Waals surface area contributed by atoms with E-state index in [0.717, 1.165) is 17.5 Å². The zero-order valence-electron chi connectivity index (χ0n) is 15.9. The molecule has 0 fully saturated rings. The summed E-state index contributed by atoms with van der Waals surface area (Å²) in [6, 6.07) is 15.6. The Bertz CT molecular complexity index is 787. The van der Waals surface area contributed by atoms with Gasteiger partial charge in [-0.1, -0.05) is 68.8 Å². The van der Waals surface area contributed by atoms with Gasteiger partial charge in [-0.3, -0.25) is 0 Å². The first-order valence-electron chi connectivity index (χ1n) is 9.26. The van der Waals surface area contributed by atoms with Crippen LogP contribution in [-0.4, -0.2) is 31.8 Å². The van der Waals surface area contributed by atoms with Crippen LogP contribution in [0.3, 0.4) is 0 Å². The quantitative estimate of drug-likeness (QED) is 0.780. The van der Waals surface area contributed by atoms with Crippen molar-refractivity contribution in [1.82, 2.24) is 5.32 Å². The first-order valence-corrected chi connectivity index (χ1v) is 9.26. The van der Waals surface area contributed by atoms with Gasteiger partial charge in [0.2, 0.25) is 0 Å². The number of carbonyl (C=O) groups excluding carboxylic acids is 2. The van der Waals surface area contributed by atoms with Crippen molar-refractivity contribution >= 4 is 12.1 Å². The smallest absolute Gasteiger partial charge is 0.407 e. The fourth-order valence-electron chi connectivity index (χ4n) is 3.56. The minimum Gasteiger partial charge on any atom is -0.467 e. The Kier molecular flexibility index (Phi) is 5.79. The average Bonchev–Trinajstić information content (AvgIpc) is 3.03. The molecule has 5 nitrogen and oxygen atoms in total. The molecule has 0 radical (unpaired) electrons. The molecule has 1 aliphatic rings. The molecule has 5 heteroatoms. The molecule has 3 rings (SSSR count). The van der Waals surface area contributed by atoms with E-state index < -0.39 is 18.1 Å². The van der Waals surface area contributed by atoms with Crippen LogP contribution >= 0.6 is 0 Å². The van der Waals surface area contributed by atoms with Crippen molar-refractivity contribution in [3.8, 4) is 11.1 Å². The van der Waals surface area contributed by atoms with Crippen LogP contribution in [0.15, 0.2) is 48.5 Å². The monoisotopic (exact) mass is 367 g/mol. The van der Waals surface area contributed by atoms with Crippen LogP contribution in [0.2, 0.25) is 0 Å². The second-order valence-electron chi connectivity index (χ2n) is 6.86. The first-order chi connectivity index (χ1) is 13.1. The number of rotatable bonds is 6. The molecule has 0 spiro atoms. The predicted octanol–water partition coefficient (Wildman–Crippen LogP) is 4.11. The summed E-state index contributed by atoms with van der Waals surface area (Å²) in [5, 5.41) is 2.65. The number of amides is 1. The average molecular weight is 367 g/mol. The fraction of sp³-hybridized carbons (Fsp3) is 0.364. The molecule has 1 N–H and O–H groups in total. The van der Waals surface area contributed by atoms with E-state index in [9.17, 15) is 9.59 Å². The summed E-state index contributed by atoms with van der Waals surface area (Å²) in [4.78, 5) is 24.3. The number of carbonyl (C=O) groups is 2. The largest absolute Gasteiger partial charge is 0.467 e. The van der Waals surface area contributed by atoms with Crippen LogP contribution in [0.4, 0.5) is 4.79 Å². The first kappa shape index (κ1) is 19.0. The summed E-state index contributed by atoms with van der Waals surface area (Å²) in [6.07, 6.45) is 0.135. The molecule has 1 amide bonds. The van der Waals surface area contributed by atoms with E-state index in [1.54, 1.807) is 0 Å². The second kappa shape index (κ2) is 8.25. The molecular weight excluding hydrogens is 342 g/mol. The lowest BCUT2D eigenvalue weighted by Crippen LogP contribution is -2.46. The summed E-state index contributed by atoms with van der Waals surface area (Å²) in [5.74, 6) is -0.515. The Morgan fingerprint density at radius 2 is 1.59 bits per heavy atom. The lowest BCUT2D eigenvalue weighted by molar-refractivity contribution is -0.144. The molecule has 0 saturated heterocycles. The van der Waals surface area contributed by atoms with Gasteiger partial charge in [-0.2, -0.15) is 0 Å². The highest BCUT2D eigenvalue weighted by atomic mass is 16.6. The lowest BCUT2D eigenvalue weighted by Gasteiger charge is -2.22. The summed E-state index contributed by atoms with van der Waals surface area (Å²) in [6.45, 7) is 4.07. The maximum Gasteiger partial charge on any atom is 0.407 e. The number of fused-ring (bicyclic) bond motifs is 3. The van der Waals surface area contributed by atoms with E-state index in [-0.39, 0.29) is 18.4 Å². The maximum absolute atomic E-state index is 12.3. The number of hydrogen-bond acceptors (Lipinski definition) is 4. The summed E-state index contributed by atoms with van der Waals surface area (Å²) < 4.78 is 10.3. The zero-order chi connectivity index (χ0) is 19.4. The Hall–Kier alpha value is -2.82. The van der Waals surface area contributed by atoms with Gasteiger partial charge in [-0.15, -0.1) is 0 Å². The van der Waals surface area contributed by atoms with Gasteiger partial charge >= 0.3 is 12.1 Å². The van der Waals surface area contributed by atoms with Crippen molar-refractivity contribution in [2.45, 2.75) is 32.2 Å².